The number of esters is 1. The molecule has 0 aromatic carbocycles. The van der Waals surface area contributed by atoms with Gasteiger partial charge in [0.2, 0.25) is 5.91 Å². The molecule has 3 N–H and O–H groups in total. The van der Waals surface area contributed by atoms with E-state index in [1.807, 2.05) is 6.08 Å². The molecule has 482 valence electrons. The molecule has 0 aromatic rings. The van der Waals surface area contributed by atoms with Gasteiger partial charge in [-0.2, -0.15) is 0 Å². The summed E-state index contributed by atoms with van der Waals surface area (Å²) >= 11 is 0. The van der Waals surface area contributed by atoms with Crippen LogP contribution in [0.4, 0.5) is 0 Å². The lowest BCUT2D eigenvalue weighted by Crippen LogP contribution is -2.45. The highest BCUT2D eigenvalue weighted by Gasteiger charge is 2.18. The minimum atomic E-state index is -0.846. The van der Waals surface area contributed by atoms with E-state index in [-0.39, 0.29) is 18.5 Å². The first kappa shape index (κ1) is 79.6. The molecule has 0 bridgehead atoms. The Morgan fingerprint density at radius 2 is 0.568 bits per heavy atom. The van der Waals surface area contributed by atoms with Crippen LogP contribution in [-0.4, -0.2) is 47.4 Å². The predicted octanol–water partition coefficient (Wildman–Crippen LogP) is 24.3. The molecular weight excluding hydrogens is 995 g/mol. The van der Waals surface area contributed by atoms with Crippen molar-refractivity contribution in [1.29, 1.82) is 0 Å². The summed E-state index contributed by atoms with van der Waals surface area (Å²) in [7, 11) is 0. The fraction of sp³-hybridized carbons (Fsp3) is 0.947. The average Bonchev–Trinajstić information content (AvgIpc) is 3.47. The van der Waals surface area contributed by atoms with Crippen molar-refractivity contribution in [3.8, 4) is 0 Å². The van der Waals surface area contributed by atoms with Gasteiger partial charge in [0.05, 0.1) is 25.4 Å². The highest BCUT2D eigenvalue weighted by atomic mass is 16.5. The van der Waals surface area contributed by atoms with Crippen LogP contribution < -0.4 is 5.32 Å². The van der Waals surface area contributed by atoms with Crippen LogP contribution >= 0.6 is 0 Å². The molecule has 0 heterocycles. The number of hydrogen-bond acceptors (Lipinski definition) is 5. The first-order valence-electron chi connectivity index (χ1n) is 37.5. The summed E-state index contributed by atoms with van der Waals surface area (Å²) in [6.07, 6.45) is 88.7. The van der Waals surface area contributed by atoms with Gasteiger partial charge in [0.1, 0.15) is 0 Å². The number of carbonyl (C=O) groups excluding carboxylic acids is 2. The average molecular weight is 1140 g/mol. The molecule has 1 amide bonds. The summed E-state index contributed by atoms with van der Waals surface area (Å²) in [5.41, 5.74) is 0. The fourth-order valence-electron chi connectivity index (χ4n) is 12.1. The molecule has 0 saturated heterocycles. The van der Waals surface area contributed by atoms with Crippen LogP contribution in [0, 0.1) is 0 Å². The number of ether oxygens (including phenoxy) is 1. The second-order valence-corrected chi connectivity index (χ2v) is 26.0. The van der Waals surface area contributed by atoms with Crippen LogP contribution in [0.2, 0.25) is 0 Å². The predicted molar refractivity (Wildman–Crippen MR) is 357 cm³/mol. The largest absolute Gasteiger partial charge is 0.466 e. The Kier molecular flexibility index (Phi) is 69.9. The lowest BCUT2D eigenvalue weighted by Gasteiger charge is -2.20. The van der Waals surface area contributed by atoms with Gasteiger partial charge in [-0.15, -0.1) is 0 Å². The van der Waals surface area contributed by atoms with Crippen molar-refractivity contribution in [2.45, 2.75) is 443 Å². The number of nitrogens with one attached hydrogen (secondary N) is 1. The first-order chi connectivity index (χ1) is 40.0. The molecule has 0 aliphatic rings. The summed E-state index contributed by atoms with van der Waals surface area (Å²) in [5, 5.41) is 23.3. The number of aliphatic hydroxyl groups excluding tert-OH is 2. The fourth-order valence-corrected chi connectivity index (χ4v) is 12.1. The summed E-state index contributed by atoms with van der Waals surface area (Å²) < 4.78 is 5.51. The van der Waals surface area contributed by atoms with Gasteiger partial charge in [-0.1, -0.05) is 398 Å². The van der Waals surface area contributed by atoms with E-state index in [1.54, 1.807) is 6.08 Å². The van der Waals surface area contributed by atoms with E-state index in [4.69, 9.17) is 4.74 Å². The summed E-state index contributed by atoms with van der Waals surface area (Å²) in [6.45, 7) is 4.96. The van der Waals surface area contributed by atoms with Crippen molar-refractivity contribution in [3.63, 3.8) is 0 Å². The van der Waals surface area contributed by atoms with Crippen molar-refractivity contribution < 1.29 is 24.5 Å². The molecule has 0 aromatic heterocycles. The Balaban J connectivity index is 3.39. The van der Waals surface area contributed by atoms with Gasteiger partial charge >= 0.3 is 5.97 Å². The third-order valence-electron chi connectivity index (χ3n) is 17.8. The smallest absolute Gasteiger partial charge is 0.305 e. The normalized spacial score (nSPS) is 12.5. The molecule has 0 radical (unpaired) electrons. The molecule has 0 aliphatic heterocycles. The molecule has 2 unspecified atom stereocenters. The second kappa shape index (κ2) is 71.1. The molecule has 2 atom stereocenters. The lowest BCUT2D eigenvalue weighted by atomic mass is 10.0. The first-order valence-corrected chi connectivity index (χ1v) is 37.5. The quantitative estimate of drug-likeness (QED) is 0.0320. The number of amides is 1. The van der Waals surface area contributed by atoms with Gasteiger partial charge in [0.25, 0.3) is 0 Å². The minimum absolute atomic E-state index is 0.0181. The molecule has 6 heteroatoms. The zero-order chi connectivity index (χ0) is 58.5. The molecule has 0 rings (SSSR count). The highest BCUT2D eigenvalue weighted by Crippen LogP contribution is 2.20. The molecule has 0 aliphatic carbocycles. The lowest BCUT2D eigenvalue weighted by molar-refractivity contribution is -0.143. The third-order valence-corrected chi connectivity index (χ3v) is 17.8. The van der Waals surface area contributed by atoms with Crippen molar-refractivity contribution in [1.82, 2.24) is 5.32 Å². The Bertz CT molecular complexity index is 1220. The maximum absolute atomic E-state index is 12.5. The van der Waals surface area contributed by atoms with Crippen molar-refractivity contribution in [3.05, 3.63) is 12.2 Å². The van der Waals surface area contributed by atoms with Crippen LogP contribution in [0.15, 0.2) is 12.2 Å². The molecule has 0 fully saturated rings. The van der Waals surface area contributed by atoms with Crippen LogP contribution in [0.1, 0.15) is 431 Å². The van der Waals surface area contributed by atoms with Crippen LogP contribution in [-0.2, 0) is 14.3 Å². The number of allylic oxidation sites excluding steroid dienone is 1. The monoisotopic (exact) mass is 1140 g/mol. The zero-order valence-corrected chi connectivity index (χ0v) is 55.3. The molecule has 0 saturated carbocycles. The highest BCUT2D eigenvalue weighted by molar-refractivity contribution is 5.76. The number of rotatable bonds is 71. The van der Waals surface area contributed by atoms with E-state index < -0.39 is 12.1 Å². The second-order valence-electron chi connectivity index (χ2n) is 26.0. The van der Waals surface area contributed by atoms with Crippen molar-refractivity contribution in [2.75, 3.05) is 13.2 Å². The maximum Gasteiger partial charge on any atom is 0.305 e. The summed E-state index contributed by atoms with van der Waals surface area (Å²) in [6, 6.07) is -0.629. The van der Waals surface area contributed by atoms with Gasteiger partial charge < -0.3 is 20.3 Å². The Morgan fingerprint density at radius 1 is 0.333 bits per heavy atom. The van der Waals surface area contributed by atoms with Gasteiger partial charge in [-0.05, 0) is 32.1 Å². The Labute approximate surface area is 508 Å². The van der Waals surface area contributed by atoms with E-state index >= 15 is 0 Å². The number of carbonyl (C=O) groups is 2. The van der Waals surface area contributed by atoms with Crippen molar-refractivity contribution in [2.24, 2.45) is 0 Å². The molecule has 0 spiro atoms. The van der Waals surface area contributed by atoms with Gasteiger partial charge in [-0.25, -0.2) is 0 Å². The third kappa shape index (κ3) is 67.6. The standard InChI is InChI=1S/C75H147NO5/c1-3-5-7-9-11-13-15-17-19-21-22-23-24-25-26-29-32-36-39-43-47-51-55-59-63-67-73(78)72(71-77)76-74(79)68-64-60-56-52-48-44-40-37-33-30-27-28-31-34-38-42-46-50-54-58-62-66-70-81-75(80)69-65-61-57-53-49-45-41-35-20-18-16-14-12-10-8-6-4-2/h63,67,72-73,77-78H,3-62,64-66,68-71H2,1-2H3,(H,76,79)/b67-63+. The molecule has 6 nitrogen and oxygen atoms in total. The summed E-state index contributed by atoms with van der Waals surface area (Å²) in [5.74, 6) is -0.0444. The van der Waals surface area contributed by atoms with Crippen molar-refractivity contribution >= 4 is 11.9 Å². The van der Waals surface area contributed by atoms with Crippen LogP contribution in [0.3, 0.4) is 0 Å². The number of unbranched alkanes of at least 4 members (excludes halogenated alkanes) is 60. The van der Waals surface area contributed by atoms with Crippen LogP contribution in [0.25, 0.3) is 0 Å². The SMILES string of the molecule is CCCCCCCCCCCCCCCCCCCCCCCCC/C=C/C(O)C(CO)NC(=O)CCCCCCCCCCCCCCCCCCCCCCCCOC(=O)CCCCCCCCCCCCCCCCCCC. The maximum atomic E-state index is 12.5. The van der Waals surface area contributed by atoms with Gasteiger partial charge in [0.15, 0.2) is 0 Å². The minimum Gasteiger partial charge on any atom is -0.466 e. The summed E-state index contributed by atoms with van der Waals surface area (Å²) in [4.78, 5) is 24.7. The Hall–Kier alpha value is -1.40. The zero-order valence-electron chi connectivity index (χ0n) is 55.3. The van der Waals surface area contributed by atoms with E-state index in [1.165, 1.54) is 366 Å². The van der Waals surface area contributed by atoms with Gasteiger partial charge in [0, 0.05) is 12.8 Å². The number of aliphatic hydroxyl groups is 2. The Morgan fingerprint density at radius 3 is 0.840 bits per heavy atom. The van der Waals surface area contributed by atoms with Gasteiger partial charge in [-0.3, -0.25) is 9.59 Å². The van der Waals surface area contributed by atoms with E-state index in [0.29, 0.717) is 19.4 Å². The van der Waals surface area contributed by atoms with E-state index in [0.717, 1.165) is 38.5 Å². The van der Waals surface area contributed by atoms with E-state index in [9.17, 15) is 19.8 Å². The van der Waals surface area contributed by atoms with E-state index in [2.05, 4.69) is 19.2 Å². The molecule has 81 heavy (non-hydrogen) atoms. The topological polar surface area (TPSA) is 95.9 Å². The molecular formula is C75H147NO5. The van der Waals surface area contributed by atoms with Crippen LogP contribution in [0.5, 0.6) is 0 Å². The number of hydrogen-bond donors (Lipinski definition) is 3.